The summed E-state index contributed by atoms with van der Waals surface area (Å²) in [5.74, 6) is 1.39. The predicted molar refractivity (Wildman–Crippen MR) is 75.1 cm³/mol. The Hall–Kier alpha value is -0.860. The molecular formula is C15H26N2. The first kappa shape index (κ1) is 14.2. The Morgan fingerprint density at radius 3 is 2.18 bits per heavy atom. The maximum atomic E-state index is 3.63. The van der Waals surface area contributed by atoms with Gasteiger partial charge in [-0.2, -0.15) is 0 Å². The van der Waals surface area contributed by atoms with E-state index in [1.807, 2.05) is 7.05 Å². The Kier molecular flexibility index (Phi) is 6.23. The molecule has 0 saturated heterocycles. The van der Waals surface area contributed by atoms with Crippen LogP contribution in [0.15, 0.2) is 30.3 Å². The number of nitrogens with one attached hydrogen (secondary N) is 2. The third-order valence-electron chi connectivity index (χ3n) is 3.39. The molecule has 17 heavy (non-hydrogen) atoms. The summed E-state index contributed by atoms with van der Waals surface area (Å²) in [6, 6.07) is 11.0. The average Bonchev–Trinajstić information content (AvgIpc) is 2.34. The molecule has 0 heterocycles. The SMILES string of the molecule is CNCC(CNC(C)c1ccccc1)C(C)C. The molecule has 0 radical (unpaired) electrons. The van der Waals surface area contributed by atoms with Gasteiger partial charge in [-0.05, 0) is 44.5 Å². The van der Waals surface area contributed by atoms with Crippen molar-refractivity contribution in [1.29, 1.82) is 0 Å². The molecule has 2 atom stereocenters. The van der Waals surface area contributed by atoms with Gasteiger partial charge in [0.15, 0.2) is 0 Å². The summed E-state index contributed by atoms with van der Waals surface area (Å²) in [6.07, 6.45) is 0. The Balaban J connectivity index is 2.43. The van der Waals surface area contributed by atoms with Gasteiger partial charge in [0.1, 0.15) is 0 Å². The van der Waals surface area contributed by atoms with Gasteiger partial charge in [0.25, 0.3) is 0 Å². The monoisotopic (exact) mass is 234 g/mol. The molecule has 0 bridgehead atoms. The Labute approximate surface area is 106 Å². The highest BCUT2D eigenvalue weighted by atomic mass is 14.9. The number of hydrogen-bond donors (Lipinski definition) is 2. The topological polar surface area (TPSA) is 24.1 Å². The molecule has 2 nitrogen and oxygen atoms in total. The minimum atomic E-state index is 0.425. The van der Waals surface area contributed by atoms with Crippen LogP contribution in [-0.2, 0) is 0 Å². The van der Waals surface area contributed by atoms with Crippen LogP contribution in [-0.4, -0.2) is 20.1 Å². The molecule has 0 aliphatic heterocycles. The van der Waals surface area contributed by atoms with Crippen molar-refractivity contribution in [1.82, 2.24) is 10.6 Å². The van der Waals surface area contributed by atoms with Crippen molar-refractivity contribution in [3.8, 4) is 0 Å². The summed E-state index contributed by atoms with van der Waals surface area (Å²) < 4.78 is 0. The lowest BCUT2D eigenvalue weighted by Gasteiger charge is -2.23. The van der Waals surface area contributed by atoms with E-state index in [2.05, 4.69) is 61.7 Å². The highest BCUT2D eigenvalue weighted by Crippen LogP contribution is 2.14. The van der Waals surface area contributed by atoms with Gasteiger partial charge < -0.3 is 10.6 Å². The van der Waals surface area contributed by atoms with E-state index in [1.54, 1.807) is 0 Å². The van der Waals surface area contributed by atoms with Crippen LogP contribution >= 0.6 is 0 Å². The lowest BCUT2D eigenvalue weighted by atomic mass is 9.95. The normalized spacial score (nSPS) is 14.9. The van der Waals surface area contributed by atoms with Gasteiger partial charge in [0.05, 0.1) is 0 Å². The van der Waals surface area contributed by atoms with Crippen molar-refractivity contribution in [2.24, 2.45) is 11.8 Å². The zero-order chi connectivity index (χ0) is 12.7. The molecular weight excluding hydrogens is 208 g/mol. The fraction of sp³-hybridized carbons (Fsp3) is 0.600. The standard InChI is InChI=1S/C15H26N2/c1-12(2)15(10-16-4)11-17-13(3)14-8-6-5-7-9-14/h5-9,12-13,15-17H,10-11H2,1-4H3. The van der Waals surface area contributed by atoms with E-state index in [1.165, 1.54) is 5.56 Å². The highest BCUT2D eigenvalue weighted by molar-refractivity contribution is 5.17. The van der Waals surface area contributed by atoms with Gasteiger partial charge in [0.2, 0.25) is 0 Å². The average molecular weight is 234 g/mol. The zero-order valence-corrected chi connectivity index (χ0v) is 11.5. The van der Waals surface area contributed by atoms with Crippen LogP contribution in [0.4, 0.5) is 0 Å². The predicted octanol–water partition coefficient (Wildman–Crippen LogP) is 2.83. The molecule has 0 amide bonds. The lowest BCUT2D eigenvalue weighted by molar-refractivity contribution is 0.340. The molecule has 1 aromatic carbocycles. The van der Waals surface area contributed by atoms with Crippen LogP contribution in [0.5, 0.6) is 0 Å². The largest absolute Gasteiger partial charge is 0.319 e. The summed E-state index contributed by atoms with van der Waals surface area (Å²) >= 11 is 0. The number of rotatable bonds is 7. The second-order valence-electron chi connectivity index (χ2n) is 5.10. The summed E-state index contributed by atoms with van der Waals surface area (Å²) in [4.78, 5) is 0. The molecule has 0 aromatic heterocycles. The van der Waals surface area contributed by atoms with Crippen LogP contribution < -0.4 is 10.6 Å². The van der Waals surface area contributed by atoms with E-state index in [-0.39, 0.29) is 0 Å². The van der Waals surface area contributed by atoms with Gasteiger partial charge in [-0.1, -0.05) is 44.2 Å². The number of hydrogen-bond acceptors (Lipinski definition) is 2. The highest BCUT2D eigenvalue weighted by Gasteiger charge is 2.13. The van der Waals surface area contributed by atoms with Crippen LogP contribution in [0.1, 0.15) is 32.4 Å². The molecule has 96 valence electrons. The molecule has 1 aromatic rings. The van der Waals surface area contributed by atoms with E-state index < -0.39 is 0 Å². The quantitative estimate of drug-likeness (QED) is 0.758. The molecule has 2 heteroatoms. The number of benzene rings is 1. The minimum Gasteiger partial charge on any atom is -0.319 e. The summed E-state index contributed by atoms with van der Waals surface area (Å²) in [5, 5.41) is 6.90. The molecule has 0 saturated carbocycles. The smallest absolute Gasteiger partial charge is 0.0291 e. The van der Waals surface area contributed by atoms with Crippen LogP contribution in [0.25, 0.3) is 0 Å². The Morgan fingerprint density at radius 1 is 1.00 bits per heavy atom. The van der Waals surface area contributed by atoms with Crippen LogP contribution in [0, 0.1) is 11.8 Å². The second-order valence-corrected chi connectivity index (χ2v) is 5.10. The first-order valence-electron chi connectivity index (χ1n) is 6.58. The molecule has 0 spiro atoms. The van der Waals surface area contributed by atoms with E-state index in [0.717, 1.165) is 13.1 Å². The van der Waals surface area contributed by atoms with E-state index in [0.29, 0.717) is 17.9 Å². The van der Waals surface area contributed by atoms with E-state index in [4.69, 9.17) is 0 Å². The van der Waals surface area contributed by atoms with Gasteiger partial charge in [-0.25, -0.2) is 0 Å². The van der Waals surface area contributed by atoms with Gasteiger partial charge in [0, 0.05) is 6.04 Å². The van der Waals surface area contributed by atoms with Gasteiger partial charge in [-0.3, -0.25) is 0 Å². The van der Waals surface area contributed by atoms with Crippen molar-refractivity contribution in [2.75, 3.05) is 20.1 Å². The van der Waals surface area contributed by atoms with Crippen molar-refractivity contribution in [2.45, 2.75) is 26.8 Å². The summed E-state index contributed by atoms with van der Waals surface area (Å²) in [5.41, 5.74) is 1.36. The van der Waals surface area contributed by atoms with Crippen LogP contribution in [0.2, 0.25) is 0 Å². The van der Waals surface area contributed by atoms with Crippen molar-refractivity contribution in [3.05, 3.63) is 35.9 Å². The fourth-order valence-electron chi connectivity index (χ4n) is 1.99. The third kappa shape index (κ3) is 4.88. The van der Waals surface area contributed by atoms with Crippen molar-refractivity contribution < 1.29 is 0 Å². The zero-order valence-electron chi connectivity index (χ0n) is 11.5. The molecule has 0 aliphatic carbocycles. The molecule has 1 rings (SSSR count). The van der Waals surface area contributed by atoms with Gasteiger partial charge in [-0.15, -0.1) is 0 Å². The molecule has 0 aliphatic rings. The summed E-state index contributed by atoms with van der Waals surface area (Å²) in [7, 11) is 2.02. The lowest BCUT2D eigenvalue weighted by Crippen LogP contribution is -2.34. The Morgan fingerprint density at radius 2 is 1.65 bits per heavy atom. The third-order valence-corrected chi connectivity index (χ3v) is 3.39. The second kappa shape index (κ2) is 7.46. The molecule has 2 N–H and O–H groups in total. The van der Waals surface area contributed by atoms with E-state index >= 15 is 0 Å². The van der Waals surface area contributed by atoms with Crippen molar-refractivity contribution in [3.63, 3.8) is 0 Å². The maximum Gasteiger partial charge on any atom is 0.0291 e. The van der Waals surface area contributed by atoms with Crippen LogP contribution in [0.3, 0.4) is 0 Å². The molecule has 0 fully saturated rings. The Bertz CT molecular complexity index is 295. The summed E-state index contributed by atoms with van der Waals surface area (Å²) in [6.45, 7) is 8.95. The maximum absolute atomic E-state index is 3.63. The molecule has 2 unspecified atom stereocenters. The minimum absolute atomic E-state index is 0.425. The first-order chi connectivity index (χ1) is 8.15. The van der Waals surface area contributed by atoms with E-state index in [9.17, 15) is 0 Å². The first-order valence-corrected chi connectivity index (χ1v) is 6.58. The van der Waals surface area contributed by atoms with Gasteiger partial charge >= 0.3 is 0 Å². The van der Waals surface area contributed by atoms with Crippen molar-refractivity contribution >= 4 is 0 Å². The fourth-order valence-corrected chi connectivity index (χ4v) is 1.99.